The summed E-state index contributed by atoms with van der Waals surface area (Å²) < 4.78 is 78.0. The minimum Gasteiger partial charge on any atom is -0.368 e. The molecule has 10 heteroatoms. The minimum absolute atomic E-state index is 0.0158. The number of hydrogen-bond acceptors (Lipinski definition) is 2. The average Bonchev–Trinajstić information content (AvgIpc) is 2.65. The molecule has 0 fully saturated rings. The Kier molecular flexibility index (Phi) is 7.50. The summed E-state index contributed by atoms with van der Waals surface area (Å²) in [6.45, 7) is 6.06. The van der Waals surface area contributed by atoms with Gasteiger partial charge in [-0.2, -0.15) is 26.3 Å². The van der Waals surface area contributed by atoms with Crippen LogP contribution < -0.4 is 11.1 Å². The standard InChI is InChI=1S/C23H24F6N2O2/c1-21(2,3)15-6-4-13(5-7-15)10-18(20(30)33)31-19(32)11-14-8-16(22(24,25)26)12-17(9-14)23(27,28)29/h4-9,12,18H,10-11H2,1-3H3,(H2,30,33)(H,31,32)/t18-/m1/s1. The van der Waals surface area contributed by atoms with Crippen LogP contribution in [0.25, 0.3) is 0 Å². The summed E-state index contributed by atoms with van der Waals surface area (Å²) in [7, 11) is 0. The third-order valence-electron chi connectivity index (χ3n) is 4.95. The van der Waals surface area contributed by atoms with Gasteiger partial charge in [-0.15, -0.1) is 0 Å². The number of halogens is 6. The smallest absolute Gasteiger partial charge is 0.368 e. The van der Waals surface area contributed by atoms with E-state index in [9.17, 15) is 35.9 Å². The van der Waals surface area contributed by atoms with Gasteiger partial charge in [-0.25, -0.2) is 0 Å². The normalized spacial score (nSPS) is 13.5. The summed E-state index contributed by atoms with van der Waals surface area (Å²) in [5.74, 6) is -1.82. The highest BCUT2D eigenvalue weighted by Gasteiger charge is 2.37. The Bertz CT molecular complexity index is 973. The molecular weight excluding hydrogens is 450 g/mol. The zero-order valence-corrected chi connectivity index (χ0v) is 18.2. The monoisotopic (exact) mass is 474 g/mol. The fraction of sp³-hybridized carbons (Fsp3) is 0.391. The van der Waals surface area contributed by atoms with Gasteiger partial charge < -0.3 is 11.1 Å². The topological polar surface area (TPSA) is 72.2 Å². The van der Waals surface area contributed by atoms with Gasteiger partial charge in [0.25, 0.3) is 0 Å². The highest BCUT2D eigenvalue weighted by Crippen LogP contribution is 2.36. The van der Waals surface area contributed by atoms with E-state index in [1.807, 2.05) is 32.9 Å². The fourth-order valence-corrected chi connectivity index (χ4v) is 3.15. The third kappa shape index (κ3) is 7.50. The molecule has 2 aromatic rings. The SMILES string of the molecule is CC(C)(C)c1ccc(C[C@@H](NC(=O)Cc2cc(C(F)(F)F)cc(C(F)(F)F)c2)C(N)=O)cc1. The molecule has 0 radical (unpaired) electrons. The Balaban J connectivity index is 2.19. The number of rotatable bonds is 6. The molecule has 2 rings (SSSR count). The van der Waals surface area contributed by atoms with Crippen molar-refractivity contribution >= 4 is 11.8 Å². The summed E-state index contributed by atoms with van der Waals surface area (Å²) in [6.07, 6.45) is -10.8. The molecule has 0 saturated carbocycles. The molecule has 1 atom stereocenters. The number of hydrogen-bond donors (Lipinski definition) is 2. The predicted octanol–water partition coefficient (Wildman–Crippen LogP) is 4.78. The highest BCUT2D eigenvalue weighted by atomic mass is 19.4. The molecule has 0 aromatic heterocycles. The van der Waals surface area contributed by atoms with E-state index < -0.39 is 53.3 Å². The van der Waals surface area contributed by atoms with Crippen molar-refractivity contribution in [1.29, 1.82) is 0 Å². The molecule has 3 N–H and O–H groups in total. The van der Waals surface area contributed by atoms with Crippen LogP contribution >= 0.6 is 0 Å². The van der Waals surface area contributed by atoms with Gasteiger partial charge in [-0.05, 0) is 40.3 Å². The van der Waals surface area contributed by atoms with Gasteiger partial charge in [0.2, 0.25) is 11.8 Å². The second kappa shape index (κ2) is 9.44. The highest BCUT2D eigenvalue weighted by molar-refractivity contribution is 5.87. The van der Waals surface area contributed by atoms with E-state index in [4.69, 9.17) is 5.73 Å². The van der Waals surface area contributed by atoms with E-state index in [0.29, 0.717) is 17.7 Å². The minimum atomic E-state index is -5.03. The van der Waals surface area contributed by atoms with E-state index >= 15 is 0 Å². The summed E-state index contributed by atoms with van der Waals surface area (Å²) >= 11 is 0. The Morgan fingerprint density at radius 3 is 1.70 bits per heavy atom. The first-order valence-electron chi connectivity index (χ1n) is 9.93. The number of primary amides is 1. The van der Waals surface area contributed by atoms with E-state index in [-0.39, 0.29) is 17.9 Å². The van der Waals surface area contributed by atoms with Crippen LogP contribution in [0.3, 0.4) is 0 Å². The molecule has 0 spiro atoms. The van der Waals surface area contributed by atoms with Crippen LogP contribution in [0, 0.1) is 0 Å². The lowest BCUT2D eigenvalue weighted by molar-refractivity contribution is -0.143. The molecule has 0 saturated heterocycles. The first-order chi connectivity index (χ1) is 15.0. The largest absolute Gasteiger partial charge is 0.416 e. The van der Waals surface area contributed by atoms with Crippen molar-refractivity contribution in [1.82, 2.24) is 5.32 Å². The molecule has 2 amide bonds. The lowest BCUT2D eigenvalue weighted by Gasteiger charge is -2.20. The number of benzene rings is 2. The maximum absolute atomic E-state index is 13.0. The van der Waals surface area contributed by atoms with Crippen molar-refractivity contribution in [2.24, 2.45) is 5.73 Å². The van der Waals surface area contributed by atoms with Crippen LogP contribution in [-0.2, 0) is 40.2 Å². The van der Waals surface area contributed by atoms with Crippen molar-refractivity contribution in [2.75, 3.05) is 0 Å². The first-order valence-corrected chi connectivity index (χ1v) is 9.93. The molecule has 0 aliphatic carbocycles. The Morgan fingerprint density at radius 1 is 0.818 bits per heavy atom. The number of alkyl halides is 6. The van der Waals surface area contributed by atoms with E-state index in [2.05, 4.69) is 5.32 Å². The Hall–Kier alpha value is -3.04. The number of nitrogens with two attached hydrogens (primary N) is 1. The van der Waals surface area contributed by atoms with Gasteiger partial charge >= 0.3 is 12.4 Å². The van der Waals surface area contributed by atoms with Crippen molar-refractivity contribution in [3.63, 3.8) is 0 Å². The predicted molar refractivity (Wildman–Crippen MR) is 110 cm³/mol. The Morgan fingerprint density at radius 2 is 1.30 bits per heavy atom. The number of nitrogens with one attached hydrogen (secondary N) is 1. The maximum atomic E-state index is 13.0. The van der Waals surface area contributed by atoms with Crippen LogP contribution in [-0.4, -0.2) is 17.9 Å². The molecule has 33 heavy (non-hydrogen) atoms. The van der Waals surface area contributed by atoms with E-state index in [0.717, 1.165) is 5.56 Å². The van der Waals surface area contributed by atoms with Crippen LogP contribution in [0.4, 0.5) is 26.3 Å². The second-order valence-electron chi connectivity index (χ2n) is 8.76. The Labute approximate surface area is 187 Å². The van der Waals surface area contributed by atoms with Crippen molar-refractivity contribution in [3.05, 3.63) is 70.3 Å². The molecule has 0 aliphatic heterocycles. The van der Waals surface area contributed by atoms with Gasteiger partial charge in [0, 0.05) is 6.42 Å². The third-order valence-corrected chi connectivity index (χ3v) is 4.95. The van der Waals surface area contributed by atoms with Gasteiger partial charge in [0.15, 0.2) is 0 Å². The molecular formula is C23H24F6N2O2. The van der Waals surface area contributed by atoms with Gasteiger partial charge in [0.05, 0.1) is 17.5 Å². The van der Waals surface area contributed by atoms with Crippen molar-refractivity contribution in [2.45, 2.75) is 57.4 Å². The van der Waals surface area contributed by atoms with Gasteiger partial charge in [0.1, 0.15) is 6.04 Å². The summed E-state index contributed by atoms with van der Waals surface area (Å²) in [6, 6.07) is 6.96. The fourth-order valence-electron chi connectivity index (χ4n) is 3.15. The molecule has 180 valence electrons. The van der Waals surface area contributed by atoms with Crippen LogP contribution in [0.5, 0.6) is 0 Å². The van der Waals surface area contributed by atoms with Crippen LogP contribution in [0.2, 0.25) is 0 Å². The van der Waals surface area contributed by atoms with Gasteiger partial charge in [-0.1, -0.05) is 45.0 Å². The zero-order chi connectivity index (χ0) is 25.2. The molecule has 0 aliphatic rings. The number of carbonyl (C=O) groups excluding carboxylic acids is 2. The summed E-state index contributed by atoms with van der Waals surface area (Å²) in [5.41, 5.74) is 3.41. The lowest BCUT2D eigenvalue weighted by atomic mass is 9.86. The molecule has 4 nitrogen and oxygen atoms in total. The molecule has 0 heterocycles. The van der Waals surface area contributed by atoms with Crippen molar-refractivity contribution < 1.29 is 35.9 Å². The zero-order valence-electron chi connectivity index (χ0n) is 18.2. The second-order valence-corrected chi connectivity index (χ2v) is 8.76. The number of amides is 2. The van der Waals surface area contributed by atoms with Crippen LogP contribution in [0.15, 0.2) is 42.5 Å². The summed E-state index contributed by atoms with van der Waals surface area (Å²) in [4.78, 5) is 24.1. The number of carbonyl (C=O) groups is 2. The van der Waals surface area contributed by atoms with Crippen molar-refractivity contribution in [3.8, 4) is 0 Å². The van der Waals surface area contributed by atoms with E-state index in [1.54, 1.807) is 12.1 Å². The van der Waals surface area contributed by atoms with E-state index in [1.165, 1.54) is 0 Å². The first kappa shape index (κ1) is 26.2. The maximum Gasteiger partial charge on any atom is 0.416 e. The molecule has 0 bridgehead atoms. The van der Waals surface area contributed by atoms with Crippen LogP contribution in [0.1, 0.15) is 48.6 Å². The van der Waals surface area contributed by atoms with Gasteiger partial charge in [-0.3, -0.25) is 9.59 Å². The average molecular weight is 474 g/mol. The quantitative estimate of drug-likeness (QED) is 0.592. The lowest BCUT2D eigenvalue weighted by Crippen LogP contribution is -2.46. The molecule has 0 unspecified atom stereocenters. The molecule has 2 aromatic carbocycles. The summed E-state index contributed by atoms with van der Waals surface area (Å²) in [5, 5.41) is 2.30.